The van der Waals surface area contributed by atoms with Gasteiger partial charge in [-0.25, -0.2) is 0 Å². The van der Waals surface area contributed by atoms with Crippen LogP contribution in [0.25, 0.3) is 0 Å². The summed E-state index contributed by atoms with van der Waals surface area (Å²) in [6.45, 7) is 16.9. The van der Waals surface area contributed by atoms with E-state index in [1.54, 1.807) is 0 Å². The van der Waals surface area contributed by atoms with Crippen LogP contribution in [0.3, 0.4) is 0 Å². The average molecular weight is 324 g/mol. The van der Waals surface area contributed by atoms with Gasteiger partial charge in [0, 0.05) is 11.1 Å². The largest absolute Gasteiger partial charge is 0.426 e. The van der Waals surface area contributed by atoms with Crippen molar-refractivity contribution in [3.63, 3.8) is 0 Å². The van der Waals surface area contributed by atoms with Gasteiger partial charge in [-0.2, -0.15) is 0 Å². The lowest BCUT2D eigenvalue weighted by atomic mass is 9.78. The van der Waals surface area contributed by atoms with E-state index in [1.807, 2.05) is 0 Å². The Morgan fingerprint density at radius 1 is 0.909 bits per heavy atom. The zero-order valence-corrected chi connectivity index (χ0v) is 15.8. The molecule has 4 heteroatoms. The van der Waals surface area contributed by atoms with Gasteiger partial charge in [0.05, 0.1) is 13.2 Å². The van der Waals surface area contributed by atoms with E-state index in [1.165, 1.54) is 16.7 Å². The molecule has 0 radical (unpaired) electrons. The van der Waals surface area contributed by atoms with Crippen molar-refractivity contribution in [3.8, 4) is 5.75 Å². The van der Waals surface area contributed by atoms with Crippen molar-refractivity contribution in [1.29, 1.82) is 0 Å². The SMILES string of the molecule is Cc1cc(C(C)(C)C)c(OP2OCCCO2)c(C(C)(C)C)c1. The third-order valence-corrected chi connectivity index (χ3v) is 4.82. The van der Waals surface area contributed by atoms with E-state index in [4.69, 9.17) is 13.6 Å². The van der Waals surface area contributed by atoms with Gasteiger partial charge in [0.15, 0.2) is 0 Å². The molecule has 2 rings (SSSR count). The Labute approximate surface area is 136 Å². The Morgan fingerprint density at radius 3 is 1.77 bits per heavy atom. The maximum Gasteiger partial charge on any atom is 0.397 e. The molecule has 0 saturated carbocycles. The number of hydrogen-bond acceptors (Lipinski definition) is 3. The van der Waals surface area contributed by atoms with Crippen molar-refractivity contribution in [2.45, 2.75) is 65.7 Å². The summed E-state index contributed by atoms with van der Waals surface area (Å²) in [5.41, 5.74) is 3.72. The summed E-state index contributed by atoms with van der Waals surface area (Å²) in [5.74, 6) is 0.943. The summed E-state index contributed by atoms with van der Waals surface area (Å²) in [6, 6.07) is 4.45. The molecule has 0 aliphatic carbocycles. The van der Waals surface area contributed by atoms with Crippen molar-refractivity contribution < 1.29 is 13.6 Å². The number of benzene rings is 1. The topological polar surface area (TPSA) is 27.7 Å². The Morgan fingerprint density at radius 2 is 1.36 bits per heavy atom. The fourth-order valence-corrected chi connectivity index (χ4v) is 3.57. The highest BCUT2D eigenvalue weighted by molar-refractivity contribution is 7.42. The lowest BCUT2D eigenvalue weighted by Crippen LogP contribution is -2.20. The van der Waals surface area contributed by atoms with Crippen LogP contribution in [-0.4, -0.2) is 13.2 Å². The molecule has 0 amide bonds. The fraction of sp³-hybridized carbons (Fsp3) is 0.667. The average Bonchev–Trinajstić information content (AvgIpc) is 2.39. The minimum atomic E-state index is -1.28. The van der Waals surface area contributed by atoms with Crippen LogP contribution in [0, 0.1) is 6.92 Å². The first-order valence-corrected chi connectivity index (χ1v) is 9.08. The predicted molar refractivity (Wildman–Crippen MR) is 92.6 cm³/mol. The number of hydrogen-bond donors (Lipinski definition) is 0. The summed E-state index contributed by atoms with van der Waals surface area (Å²) in [5, 5.41) is 0. The van der Waals surface area contributed by atoms with Crippen molar-refractivity contribution in [3.05, 3.63) is 28.8 Å². The quantitative estimate of drug-likeness (QED) is 0.660. The molecule has 1 aliphatic heterocycles. The minimum Gasteiger partial charge on any atom is -0.426 e. The standard InChI is InChI=1S/C18H29O3P/c1-13-11-14(17(2,3)4)16(15(12-13)18(5,6)7)21-22-19-9-8-10-20-22/h11-12H,8-10H2,1-7H3. The molecule has 1 aliphatic rings. The lowest BCUT2D eigenvalue weighted by Gasteiger charge is -2.32. The molecule has 1 fully saturated rings. The van der Waals surface area contributed by atoms with E-state index < -0.39 is 8.60 Å². The van der Waals surface area contributed by atoms with E-state index >= 15 is 0 Å². The summed E-state index contributed by atoms with van der Waals surface area (Å²) in [6.07, 6.45) is 0.939. The summed E-state index contributed by atoms with van der Waals surface area (Å²) in [7, 11) is -1.28. The Bertz CT molecular complexity index is 485. The van der Waals surface area contributed by atoms with Gasteiger partial charge in [-0.3, -0.25) is 0 Å². The van der Waals surface area contributed by atoms with E-state index in [9.17, 15) is 0 Å². The molecule has 1 saturated heterocycles. The summed E-state index contributed by atoms with van der Waals surface area (Å²) in [4.78, 5) is 0. The van der Waals surface area contributed by atoms with Crippen LogP contribution >= 0.6 is 8.60 Å². The predicted octanol–water partition coefficient (Wildman–Crippen LogP) is 5.63. The van der Waals surface area contributed by atoms with E-state index in [0.717, 1.165) is 12.2 Å². The first-order chi connectivity index (χ1) is 10.1. The molecule has 0 bridgehead atoms. The first kappa shape index (κ1) is 17.7. The highest BCUT2D eigenvalue weighted by atomic mass is 31.2. The van der Waals surface area contributed by atoms with Crippen LogP contribution in [-0.2, 0) is 19.9 Å². The third-order valence-electron chi connectivity index (χ3n) is 3.70. The molecule has 0 aromatic heterocycles. The molecule has 124 valence electrons. The van der Waals surface area contributed by atoms with Crippen LogP contribution in [0.5, 0.6) is 5.75 Å². The summed E-state index contributed by atoms with van der Waals surface area (Å²) < 4.78 is 17.6. The minimum absolute atomic E-state index is 0.00642. The van der Waals surface area contributed by atoms with Gasteiger partial charge in [0.25, 0.3) is 0 Å². The Kier molecular flexibility index (Phi) is 5.21. The molecule has 0 atom stereocenters. The molecule has 0 spiro atoms. The van der Waals surface area contributed by atoms with E-state index in [2.05, 4.69) is 60.6 Å². The fourth-order valence-electron chi connectivity index (χ4n) is 2.49. The van der Waals surface area contributed by atoms with Gasteiger partial charge in [0.1, 0.15) is 5.75 Å². The summed E-state index contributed by atoms with van der Waals surface area (Å²) >= 11 is 0. The molecular formula is C18H29O3P. The molecule has 22 heavy (non-hydrogen) atoms. The van der Waals surface area contributed by atoms with Crippen LogP contribution in [0.1, 0.15) is 64.7 Å². The molecule has 1 aromatic carbocycles. The highest BCUT2D eigenvalue weighted by Crippen LogP contribution is 2.49. The molecule has 0 unspecified atom stereocenters. The van der Waals surface area contributed by atoms with Gasteiger partial charge in [-0.05, 0) is 24.2 Å². The van der Waals surface area contributed by atoms with Crippen molar-refractivity contribution in [2.24, 2.45) is 0 Å². The van der Waals surface area contributed by atoms with Crippen molar-refractivity contribution in [1.82, 2.24) is 0 Å². The second kappa shape index (κ2) is 6.47. The molecule has 1 heterocycles. The van der Waals surface area contributed by atoms with Crippen LogP contribution in [0.4, 0.5) is 0 Å². The number of rotatable bonds is 2. The third kappa shape index (κ3) is 4.22. The maximum absolute atomic E-state index is 6.25. The van der Waals surface area contributed by atoms with Gasteiger partial charge < -0.3 is 13.6 Å². The van der Waals surface area contributed by atoms with Crippen LogP contribution in [0.2, 0.25) is 0 Å². The van der Waals surface area contributed by atoms with Crippen LogP contribution < -0.4 is 4.52 Å². The van der Waals surface area contributed by atoms with Crippen molar-refractivity contribution >= 4 is 8.60 Å². The number of aryl methyl sites for hydroxylation is 1. The zero-order valence-electron chi connectivity index (χ0n) is 14.9. The molecular weight excluding hydrogens is 295 g/mol. The van der Waals surface area contributed by atoms with E-state index in [-0.39, 0.29) is 10.8 Å². The Hall–Kier alpha value is -0.630. The van der Waals surface area contributed by atoms with Gasteiger partial charge >= 0.3 is 8.60 Å². The lowest BCUT2D eigenvalue weighted by molar-refractivity contribution is 0.146. The van der Waals surface area contributed by atoms with Gasteiger partial charge in [0.2, 0.25) is 0 Å². The van der Waals surface area contributed by atoms with Gasteiger partial charge in [-0.1, -0.05) is 59.2 Å². The second-order valence-electron chi connectivity index (χ2n) is 8.02. The Balaban J connectivity index is 2.50. The first-order valence-electron chi connectivity index (χ1n) is 7.98. The molecule has 3 nitrogen and oxygen atoms in total. The van der Waals surface area contributed by atoms with Crippen LogP contribution in [0.15, 0.2) is 12.1 Å². The van der Waals surface area contributed by atoms with E-state index in [0.29, 0.717) is 13.2 Å². The zero-order chi connectivity index (χ0) is 16.5. The normalized spacial score (nSPS) is 17.6. The smallest absolute Gasteiger partial charge is 0.397 e. The maximum atomic E-state index is 6.25. The molecule has 0 N–H and O–H groups in total. The van der Waals surface area contributed by atoms with Gasteiger partial charge in [-0.15, -0.1) is 0 Å². The molecule has 1 aromatic rings. The van der Waals surface area contributed by atoms with Crippen molar-refractivity contribution in [2.75, 3.05) is 13.2 Å². The highest BCUT2D eigenvalue weighted by Gasteiger charge is 2.30. The second-order valence-corrected chi connectivity index (χ2v) is 9.17. The monoisotopic (exact) mass is 324 g/mol.